The first-order valence-corrected chi connectivity index (χ1v) is 11.6. The molecule has 0 spiro atoms. The van der Waals surface area contributed by atoms with Gasteiger partial charge in [-0.25, -0.2) is 0 Å². The zero-order chi connectivity index (χ0) is 22.2. The summed E-state index contributed by atoms with van der Waals surface area (Å²) in [5.74, 6) is 0. The number of fused-ring (bicyclic) bond motifs is 3. The van der Waals surface area contributed by atoms with E-state index in [1.807, 2.05) is 30.5 Å². The molecule has 0 fully saturated rings. The van der Waals surface area contributed by atoms with Gasteiger partial charge in [-0.05, 0) is 28.8 Å². The van der Waals surface area contributed by atoms with E-state index in [0.29, 0.717) is 5.56 Å². The summed E-state index contributed by atoms with van der Waals surface area (Å²) in [4.78, 5) is 4.21. The minimum absolute atomic E-state index is 0.671. The molecule has 0 amide bonds. The first-order valence-electron chi connectivity index (χ1n) is 10.8. The van der Waals surface area contributed by atoms with Crippen molar-refractivity contribution >= 4 is 31.5 Å². The minimum atomic E-state index is 0.671. The second-order valence-electron chi connectivity index (χ2n) is 7.95. The molecule has 154 valence electrons. The molecule has 3 heteroatoms. The lowest BCUT2D eigenvalue weighted by Gasteiger charge is -2.09. The summed E-state index contributed by atoms with van der Waals surface area (Å²) in [5.41, 5.74) is 7.20. The lowest BCUT2D eigenvalue weighted by molar-refractivity contribution is 1.33. The fourth-order valence-electron chi connectivity index (χ4n) is 4.46. The summed E-state index contributed by atoms with van der Waals surface area (Å²) in [7, 11) is 0. The summed E-state index contributed by atoms with van der Waals surface area (Å²) in [6.07, 6.45) is 3.59. The van der Waals surface area contributed by atoms with E-state index in [1.165, 1.54) is 31.3 Å². The number of pyridine rings is 1. The smallest absolute Gasteiger partial charge is 0.0998 e. The van der Waals surface area contributed by atoms with E-state index < -0.39 is 0 Å². The van der Waals surface area contributed by atoms with Crippen molar-refractivity contribution in [2.45, 2.75) is 0 Å². The van der Waals surface area contributed by atoms with Crippen LogP contribution in [0.1, 0.15) is 5.56 Å². The number of hydrogen-bond donors (Lipinski definition) is 0. The second-order valence-corrected chi connectivity index (χ2v) is 8.97. The van der Waals surface area contributed by atoms with Crippen molar-refractivity contribution in [3.8, 4) is 39.4 Å². The molecule has 0 radical (unpaired) electrons. The van der Waals surface area contributed by atoms with Crippen LogP contribution in [0, 0.1) is 11.3 Å². The van der Waals surface area contributed by atoms with Crippen molar-refractivity contribution in [1.29, 1.82) is 5.26 Å². The molecule has 0 saturated carbocycles. The maximum atomic E-state index is 9.99. The van der Waals surface area contributed by atoms with Crippen molar-refractivity contribution in [2.75, 3.05) is 0 Å². The Balaban J connectivity index is 1.58. The predicted octanol–water partition coefficient (Wildman–Crippen LogP) is 8.32. The van der Waals surface area contributed by atoms with Gasteiger partial charge < -0.3 is 0 Å². The fraction of sp³-hybridized carbons (Fsp3) is 0. The molecule has 0 saturated heterocycles. The van der Waals surface area contributed by atoms with Crippen molar-refractivity contribution in [3.63, 3.8) is 0 Å². The molecule has 2 aromatic heterocycles. The number of hydrogen-bond acceptors (Lipinski definition) is 3. The van der Waals surface area contributed by atoms with E-state index in [1.54, 1.807) is 17.5 Å². The van der Waals surface area contributed by atoms with E-state index in [9.17, 15) is 5.26 Å². The highest BCUT2D eigenvalue weighted by atomic mass is 32.1. The molecule has 0 aliphatic heterocycles. The number of rotatable bonds is 3. The van der Waals surface area contributed by atoms with E-state index in [0.717, 1.165) is 22.3 Å². The predicted molar refractivity (Wildman–Crippen MR) is 138 cm³/mol. The summed E-state index contributed by atoms with van der Waals surface area (Å²) in [6, 6.07) is 35.9. The standard InChI is InChI=1S/C30H18N2S/c31-18-23-17-21(22-9-6-16-32-19-22)14-15-24(23)26-11-5-13-28-27-12-4-10-25(29(27)33-30(26)28)20-7-2-1-3-8-20/h1-17,19H. The normalized spacial score (nSPS) is 11.0. The van der Waals surface area contributed by atoms with Gasteiger partial charge in [0.2, 0.25) is 0 Å². The zero-order valence-electron chi connectivity index (χ0n) is 17.7. The van der Waals surface area contributed by atoms with Crippen LogP contribution in [0.3, 0.4) is 0 Å². The van der Waals surface area contributed by atoms with Crippen LogP contribution >= 0.6 is 11.3 Å². The third-order valence-corrected chi connectivity index (χ3v) is 7.32. The molecule has 33 heavy (non-hydrogen) atoms. The Kier molecular flexibility index (Phi) is 4.72. The highest BCUT2D eigenvalue weighted by Crippen LogP contribution is 2.44. The van der Waals surface area contributed by atoms with Crippen LogP contribution in [0.4, 0.5) is 0 Å². The van der Waals surface area contributed by atoms with E-state index >= 15 is 0 Å². The summed E-state index contributed by atoms with van der Waals surface area (Å²) in [5, 5.41) is 12.5. The van der Waals surface area contributed by atoms with Crippen LogP contribution in [0.15, 0.2) is 109 Å². The molecule has 6 aromatic rings. The van der Waals surface area contributed by atoms with Crippen molar-refractivity contribution in [3.05, 3.63) is 115 Å². The van der Waals surface area contributed by atoms with Gasteiger partial charge in [0.15, 0.2) is 0 Å². The molecule has 2 nitrogen and oxygen atoms in total. The Labute approximate surface area is 196 Å². The van der Waals surface area contributed by atoms with Gasteiger partial charge in [-0.2, -0.15) is 5.26 Å². The topological polar surface area (TPSA) is 36.7 Å². The van der Waals surface area contributed by atoms with Crippen molar-refractivity contribution < 1.29 is 0 Å². The fourth-order valence-corrected chi connectivity index (χ4v) is 5.83. The maximum Gasteiger partial charge on any atom is 0.0998 e. The van der Waals surface area contributed by atoms with E-state index in [-0.39, 0.29) is 0 Å². The Morgan fingerprint density at radius 2 is 1.33 bits per heavy atom. The molecular formula is C30H18N2S. The van der Waals surface area contributed by atoms with Crippen LogP contribution in [-0.4, -0.2) is 4.98 Å². The molecule has 0 bridgehead atoms. The third kappa shape index (κ3) is 3.29. The van der Waals surface area contributed by atoms with Gasteiger partial charge in [0.1, 0.15) is 0 Å². The number of thiophene rings is 1. The molecule has 0 unspecified atom stereocenters. The van der Waals surface area contributed by atoms with Crippen LogP contribution in [0.25, 0.3) is 53.6 Å². The van der Waals surface area contributed by atoms with Crippen molar-refractivity contribution in [1.82, 2.24) is 4.98 Å². The third-order valence-electron chi connectivity index (χ3n) is 6.03. The highest BCUT2D eigenvalue weighted by molar-refractivity contribution is 7.26. The van der Waals surface area contributed by atoms with Gasteiger partial charge in [0, 0.05) is 49.3 Å². The molecule has 0 N–H and O–H groups in total. The van der Waals surface area contributed by atoms with Gasteiger partial charge in [-0.3, -0.25) is 4.98 Å². The van der Waals surface area contributed by atoms with Crippen LogP contribution < -0.4 is 0 Å². The van der Waals surface area contributed by atoms with Crippen LogP contribution in [0.2, 0.25) is 0 Å². The number of nitrogens with zero attached hydrogens (tertiary/aromatic N) is 2. The van der Waals surface area contributed by atoms with E-state index in [2.05, 4.69) is 83.8 Å². The Morgan fingerprint density at radius 3 is 2.06 bits per heavy atom. The monoisotopic (exact) mass is 438 g/mol. The number of nitriles is 1. The highest BCUT2D eigenvalue weighted by Gasteiger charge is 2.16. The summed E-state index contributed by atoms with van der Waals surface area (Å²) in [6.45, 7) is 0. The Bertz CT molecular complexity index is 1660. The van der Waals surface area contributed by atoms with Crippen molar-refractivity contribution in [2.24, 2.45) is 0 Å². The Hall–Kier alpha value is -4.26. The molecular weight excluding hydrogens is 420 g/mol. The number of benzene rings is 4. The molecule has 2 heterocycles. The van der Waals surface area contributed by atoms with Crippen LogP contribution in [0.5, 0.6) is 0 Å². The molecule has 0 atom stereocenters. The molecule has 4 aromatic carbocycles. The van der Waals surface area contributed by atoms with Gasteiger partial charge in [0.25, 0.3) is 0 Å². The first-order chi connectivity index (χ1) is 16.3. The maximum absolute atomic E-state index is 9.99. The molecule has 6 rings (SSSR count). The summed E-state index contributed by atoms with van der Waals surface area (Å²) < 4.78 is 2.48. The SMILES string of the molecule is N#Cc1cc(-c2cccnc2)ccc1-c1cccc2c1sc1c(-c3ccccc3)cccc12. The van der Waals surface area contributed by atoms with Gasteiger partial charge in [-0.1, -0.05) is 84.9 Å². The zero-order valence-corrected chi connectivity index (χ0v) is 18.5. The largest absolute Gasteiger partial charge is 0.264 e. The van der Waals surface area contributed by atoms with Gasteiger partial charge in [-0.15, -0.1) is 11.3 Å². The van der Waals surface area contributed by atoms with Gasteiger partial charge in [0.05, 0.1) is 11.6 Å². The molecule has 0 aliphatic rings. The average Bonchev–Trinajstić information content (AvgIpc) is 3.28. The Morgan fingerprint density at radius 1 is 0.606 bits per heavy atom. The minimum Gasteiger partial charge on any atom is -0.264 e. The summed E-state index contributed by atoms with van der Waals surface area (Å²) >= 11 is 1.80. The molecule has 0 aliphatic carbocycles. The lowest BCUT2D eigenvalue weighted by Crippen LogP contribution is -1.87. The first kappa shape index (κ1) is 19.4. The number of aromatic nitrogens is 1. The van der Waals surface area contributed by atoms with Crippen LogP contribution in [-0.2, 0) is 0 Å². The van der Waals surface area contributed by atoms with Gasteiger partial charge >= 0.3 is 0 Å². The average molecular weight is 439 g/mol. The quantitative estimate of drug-likeness (QED) is 0.278. The van der Waals surface area contributed by atoms with E-state index in [4.69, 9.17) is 0 Å². The lowest BCUT2D eigenvalue weighted by atomic mass is 9.95. The second kappa shape index (κ2) is 8.02.